The molecule has 0 aliphatic rings. The van der Waals surface area contributed by atoms with Gasteiger partial charge in [-0.1, -0.05) is 54.5 Å². The molecule has 3 rings (SSSR count). The number of allylic oxidation sites excluding steroid dienone is 1. The number of rotatable bonds is 4. The van der Waals surface area contributed by atoms with Gasteiger partial charge in [0.25, 0.3) is 0 Å². The minimum atomic E-state index is 1.09. The molecule has 0 amide bonds. The third-order valence-electron chi connectivity index (χ3n) is 3.55. The van der Waals surface area contributed by atoms with E-state index >= 15 is 0 Å². The van der Waals surface area contributed by atoms with Gasteiger partial charge in [-0.15, -0.1) is 6.42 Å². The molecule has 0 aromatic heterocycles. The maximum absolute atomic E-state index is 5.26. The van der Waals surface area contributed by atoms with E-state index in [4.69, 9.17) is 6.42 Å². The Bertz CT molecular complexity index is 770. The Kier molecular flexibility index (Phi) is 4.57. The zero-order valence-corrected chi connectivity index (χ0v) is 12.8. The van der Waals surface area contributed by atoms with Crippen molar-refractivity contribution in [1.29, 1.82) is 0 Å². The van der Waals surface area contributed by atoms with Crippen LogP contribution < -0.4 is 4.90 Å². The number of terminal acetylenes is 1. The zero-order valence-electron chi connectivity index (χ0n) is 12.8. The molecule has 110 valence electrons. The number of nitrogens with zero attached hydrogens (tertiary/aromatic N) is 1. The molecule has 0 radical (unpaired) electrons. The molecule has 0 aliphatic carbocycles. The Morgan fingerprint density at radius 2 is 1.13 bits per heavy atom. The summed E-state index contributed by atoms with van der Waals surface area (Å²) >= 11 is 0. The van der Waals surface area contributed by atoms with Crippen LogP contribution in [-0.4, -0.2) is 0 Å². The molecule has 23 heavy (non-hydrogen) atoms. The zero-order chi connectivity index (χ0) is 15.9. The molecule has 3 aromatic carbocycles. The Morgan fingerprint density at radius 3 is 1.61 bits per heavy atom. The highest BCUT2D eigenvalue weighted by molar-refractivity contribution is 5.76. The Labute approximate surface area is 137 Å². The minimum Gasteiger partial charge on any atom is -0.311 e. The fourth-order valence-corrected chi connectivity index (χ4v) is 2.48. The molecule has 0 aliphatic heterocycles. The maximum Gasteiger partial charge on any atom is 0.0462 e. The molecule has 3 aromatic rings. The van der Waals surface area contributed by atoms with E-state index in [9.17, 15) is 0 Å². The second kappa shape index (κ2) is 7.15. The summed E-state index contributed by atoms with van der Waals surface area (Å²) in [5, 5.41) is 0. The van der Waals surface area contributed by atoms with Gasteiger partial charge in [-0.2, -0.15) is 0 Å². The van der Waals surface area contributed by atoms with Gasteiger partial charge in [0.1, 0.15) is 0 Å². The second-order valence-electron chi connectivity index (χ2n) is 5.10. The summed E-state index contributed by atoms with van der Waals surface area (Å²) in [5.74, 6) is 2.51. The van der Waals surface area contributed by atoms with Crippen molar-refractivity contribution in [3.8, 4) is 12.3 Å². The van der Waals surface area contributed by atoms with Crippen LogP contribution >= 0.6 is 0 Å². The fourth-order valence-electron chi connectivity index (χ4n) is 2.48. The van der Waals surface area contributed by atoms with E-state index in [1.54, 1.807) is 6.08 Å². The molecular weight excluding hydrogens is 278 g/mol. The van der Waals surface area contributed by atoms with E-state index in [2.05, 4.69) is 83.6 Å². The lowest BCUT2D eigenvalue weighted by Crippen LogP contribution is -2.09. The second-order valence-corrected chi connectivity index (χ2v) is 5.10. The van der Waals surface area contributed by atoms with E-state index in [1.165, 1.54) is 0 Å². The average molecular weight is 295 g/mol. The van der Waals surface area contributed by atoms with Crippen molar-refractivity contribution in [2.24, 2.45) is 0 Å². The molecule has 0 heterocycles. The van der Waals surface area contributed by atoms with Crippen LogP contribution in [0, 0.1) is 12.3 Å². The van der Waals surface area contributed by atoms with E-state index in [1.807, 2.05) is 18.2 Å². The summed E-state index contributed by atoms with van der Waals surface area (Å²) < 4.78 is 0. The summed E-state index contributed by atoms with van der Waals surface area (Å²) in [4.78, 5) is 2.23. The molecule has 1 heteroatoms. The highest BCUT2D eigenvalue weighted by Gasteiger charge is 2.10. The van der Waals surface area contributed by atoms with Crippen molar-refractivity contribution < 1.29 is 0 Å². The lowest BCUT2D eigenvalue weighted by Gasteiger charge is -2.25. The standard InChI is InChI=1S/C22H17N/c1-2-3-10-19-15-17-22(18-16-19)23(20-11-6-4-7-12-20)21-13-8-5-9-14-21/h1,3-18H. The minimum absolute atomic E-state index is 1.09. The first kappa shape index (κ1) is 14.7. The van der Waals surface area contributed by atoms with Gasteiger partial charge >= 0.3 is 0 Å². The SMILES string of the molecule is C#CC=Cc1ccc(N(c2ccccc2)c2ccccc2)cc1. The Balaban J connectivity index is 2.03. The third-order valence-corrected chi connectivity index (χ3v) is 3.55. The lowest BCUT2D eigenvalue weighted by molar-refractivity contribution is 1.28. The topological polar surface area (TPSA) is 3.24 Å². The van der Waals surface area contributed by atoms with Crippen molar-refractivity contribution in [1.82, 2.24) is 0 Å². The van der Waals surface area contributed by atoms with E-state index in [0.29, 0.717) is 0 Å². The molecule has 0 saturated carbocycles. The number of benzene rings is 3. The molecule has 0 atom stereocenters. The predicted molar refractivity (Wildman–Crippen MR) is 99.0 cm³/mol. The molecular formula is C22H17N. The predicted octanol–water partition coefficient (Wildman–Crippen LogP) is 5.80. The van der Waals surface area contributed by atoms with Gasteiger partial charge < -0.3 is 4.90 Å². The van der Waals surface area contributed by atoms with Crippen LogP contribution in [0.3, 0.4) is 0 Å². The highest BCUT2D eigenvalue weighted by atomic mass is 15.1. The van der Waals surface area contributed by atoms with Crippen LogP contribution in [-0.2, 0) is 0 Å². The third kappa shape index (κ3) is 3.51. The number of hydrogen-bond donors (Lipinski definition) is 0. The van der Waals surface area contributed by atoms with E-state index in [0.717, 1.165) is 22.6 Å². The molecule has 0 fully saturated rings. The summed E-state index contributed by atoms with van der Waals surface area (Å²) in [5.41, 5.74) is 4.46. The highest BCUT2D eigenvalue weighted by Crippen LogP contribution is 2.34. The first-order valence-corrected chi connectivity index (χ1v) is 7.51. The first-order chi connectivity index (χ1) is 11.4. The number of anilines is 3. The number of para-hydroxylation sites is 2. The normalized spacial score (nSPS) is 10.4. The van der Waals surface area contributed by atoms with Crippen LogP contribution in [0.2, 0.25) is 0 Å². The maximum atomic E-state index is 5.26. The average Bonchev–Trinajstić information content (AvgIpc) is 2.63. The van der Waals surface area contributed by atoms with Crippen molar-refractivity contribution in [2.45, 2.75) is 0 Å². The van der Waals surface area contributed by atoms with Gasteiger partial charge in [0.05, 0.1) is 0 Å². The van der Waals surface area contributed by atoms with Gasteiger partial charge in [-0.05, 0) is 54.1 Å². The molecule has 0 spiro atoms. The van der Waals surface area contributed by atoms with Crippen molar-refractivity contribution in [3.05, 3.63) is 96.6 Å². The van der Waals surface area contributed by atoms with Crippen molar-refractivity contribution in [3.63, 3.8) is 0 Å². The summed E-state index contributed by atoms with van der Waals surface area (Å²) in [6, 6.07) is 29.1. The quantitative estimate of drug-likeness (QED) is 0.550. The van der Waals surface area contributed by atoms with E-state index < -0.39 is 0 Å². The first-order valence-electron chi connectivity index (χ1n) is 7.51. The lowest BCUT2D eigenvalue weighted by atomic mass is 10.1. The summed E-state index contributed by atoms with van der Waals surface area (Å²) in [6.45, 7) is 0. The van der Waals surface area contributed by atoms with Crippen LogP contribution in [0.25, 0.3) is 6.08 Å². The molecule has 0 unspecified atom stereocenters. The van der Waals surface area contributed by atoms with E-state index in [-0.39, 0.29) is 0 Å². The van der Waals surface area contributed by atoms with Gasteiger partial charge in [0.2, 0.25) is 0 Å². The summed E-state index contributed by atoms with van der Waals surface area (Å²) in [7, 11) is 0. The largest absolute Gasteiger partial charge is 0.311 e. The van der Waals surface area contributed by atoms with Gasteiger partial charge in [0.15, 0.2) is 0 Å². The van der Waals surface area contributed by atoms with Crippen molar-refractivity contribution in [2.75, 3.05) is 4.90 Å². The smallest absolute Gasteiger partial charge is 0.0462 e. The van der Waals surface area contributed by atoms with Crippen LogP contribution in [0.15, 0.2) is 91.0 Å². The number of hydrogen-bond acceptors (Lipinski definition) is 1. The van der Waals surface area contributed by atoms with Gasteiger partial charge in [-0.25, -0.2) is 0 Å². The van der Waals surface area contributed by atoms with Gasteiger partial charge in [0, 0.05) is 17.1 Å². The Morgan fingerprint density at radius 1 is 0.652 bits per heavy atom. The van der Waals surface area contributed by atoms with Crippen LogP contribution in [0.1, 0.15) is 5.56 Å². The van der Waals surface area contributed by atoms with Crippen molar-refractivity contribution >= 4 is 23.1 Å². The molecule has 1 nitrogen and oxygen atoms in total. The van der Waals surface area contributed by atoms with Crippen LogP contribution in [0.5, 0.6) is 0 Å². The van der Waals surface area contributed by atoms with Gasteiger partial charge in [-0.3, -0.25) is 0 Å². The molecule has 0 N–H and O–H groups in total. The fraction of sp³-hybridized carbons (Fsp3) is 0. The monoisotopic (exact) mass is 295 g/mol. The molecule has 0 bridgehead atoms. The summed E-state index contributed by atoms with van der Waals surface area (Å²) in [6.07, 6.45) is 8.90. The molecule has 0 saturated heterocycles. The Hall–Kier alpha value is -3.24. The van der Waals surface area contributed by atoms with Crippen LogP contribution in [0.4, 0.5) is 17.1 Å².